The number of aromatic nitrogens is 1. The van der Waals surface area contributed by atoms with E-state index < -0.39 is 0 Å². The number of nitrogens with zero attached hydrogens (tertiary/aromatic N) is 1. The predicted molar refractivity (Wildman–Crippen MR) is 80.7 cm³/mol. The van der Waals surface area contributed by atoms with Crippen molar-refractivity contribution in [1.82, 2.24) is 4.98 Å². The molecule has 0 saturated carbocycles. The van der Waals surface area contributed by atoms with Crippen LogP contribution in [0.15, 0.2) is 42.6 Å². The van der Waals surface area contributed by atoms with Crippen LogP contribution in [0.1, 0.15) is 31.0 Å². The summed E-state index contributed by atoms with van der Waals surface area (Å²) in [5.41, 5.74) is 7.33. The van der Waals surface area contributed by atoms with E-state index in [0.29, 0.717) is 17.4 Å². The number of benzene rings is 1. The summed E-state index contributed by atoms with van der Waals surface area (Å²) >= 11 is 4.86. The molecule has 0 aliphatic rings. The van der Waals surface area contributed by atoms with Crippen LogP contribution in [0.5, 0.6) is 11.5 Å². The lowest BCUT2D eigenvalue weighted by molar-refractivity contribution is 0.479. The third kappa shape index (κ3) is 3.51. The van der Waals surface area contributed by atoms with Gasteiger partial charge in [0.05, 0.1) is 11.9 Å². The van der Waals surface area contributed by atoms with Gasteiger partial charge in [-0.15, -0.1) is 0 Å². The molecule has 2 rings (SSSR count). The second kappa shape index (κ2) is 5.80. The van der Waals surface area contributed by atoms with Crippen LogP contribution in [-0.4, -0.2) is 9.97 Å². The quantitative estimate of drug-likeness (QED) is 0.863. The van der Waals surface area contributed by atoms with Gasteiger partial charge in [0, 0.05) is 0 Å². The van der Waals surface area contributed by atoms with Crippen molar-refractivity contribution >= 4 is 17.2 Å². The predicted octanol–water partition coefficient (Wildman–Crippen LogP) is 3.63. The van der Waals surface area contributed by atoms with Crippen LogP contribution in [0.25, 0.3) is 0 Å². The van der Waals surface area contributed by atoms with Crippen LogP contribution in [-0.2, 0) is 0 Å². The lowest BCUT2D eigenvalue weighted by Gasteiger charge is -2.09. The Balaban J connectivity index is 2.16. The average Bonchev–Trinajstić information content (AvgIpc) is 2.39. The lowest BCUT2D eigenvalue weighted by Crippen LogP contribution is -2.10. The van der Waals surface area contributed by atoms with Crippen LogP contribution in [0, 0.1) is 0 Å². The Labute approximate surface area is 118 Å². The Kier molecular flexibility index (Phi) is 4.12. The molecule has 0 unspecified atom stereocenters. The van der Waals surface area contributed by atoms with Crippen LogP contribution in [0.4, 0.5) is 0 Å². The molecule has 1 heterocycles. The van der Waals surface area contributed by atoms with Gasteiger partial charge in [-0.1, -0.05) is 38.2 Å². The van der Waals surface area contributed by atoms with Gasteiger partial charge in [-0.2, -0.15) is 0 Å². The third-order valence-electron chi connectivity index (χ3n) is 2.75. The Morgan fingerprint density at radius 1 is 1.21 bits per heavy atom. The van der Waals surface area contributed by atoms with Crippen molar-refractivity contribution in [3.63, 3.8) is 0 Å². The van der Waals surface area contributed by atoms with Crippen molar-refractivity contribution in [2.45, 2.75) is 19.8 Å². The number of ether oxygens (including phenoxy) is 1. The molecule has 98 valence electrons. The second-order valence-electron chi connectivity index (χ2n) is 4.57. The molecular weight excluding hydrogens is 256 g/mol. The number of pyridine rings is 1. The molecule has 0 saturated heterocycles. The van der Waals surface area contributed by atoms with Gasteiger partial charge in [-0.3, -0.25) is 0 Å². The highest BCUT2D eigenvalue weighted by molar-refractivity contribution is 7.80. The van der Waals surface area contributed by atoms with Gasteiger partial charge >= 0.3 is 0 Å². The first-order valence-electron chi connectivity index (χ1n) is 6.10. The summed E-state index contributed by atoms with van der Waals surface area (Å²) in [6.07, 6.45) is 1.62. The number of rotatable bonds is 4. The van der Waals surface area contributed by atoms with E-state index in [9.17, 15) is 0 Å². The molecule has 2 aromatic rings. The van der Waals surface area contributed by atoms with E-state index in [1.54, 1.807) is 12.3 Å². The molecular formula is C15H16N2OS. The second-order valence-corrected chi connectivity index (χ2v) is 5.01. The number of thiocarbonyl (C=S) groups is 1. The highest BCUT2D eigenvalue weighted by atomic mass is 32.1. The van der Waals surface area contributed by atoms with Gasteiger partial charge in [-0.05, 0) is 35.7 Å². The molecule has 19 heavy (non-hydrogen) atoms. The monoisotopic (exact) mass is 272 g/mol. The van der Waals surface area contributed by atoms with Gasteiger partial charge in [0.25, 0.3) is 0 Å². The van der Waals surface area contributed by atoms with E-state index in [1.165, 1.54) is 5.56 Å². The van der Waals surface area contributed by atoms with E-state index in [2.05, 4.69) is 24.9 Å². The van der Waals surface area contributed by atoms with Crippen molar-refractivity contribution in [2.75, 3.05) is 0 Å². The van der Waals surface area contributed by atoms with Crippen LogP contribution >= 0.6 is 12.2 Å². The molecule has 2 N–H and O–H groups in total. The van der Waals surface area contributed by atoms with Crippen molar-refractivity contribution in [3.8, 4) is 11.5 Å². The standard InChI is InChI=1S/C15H16N2OS/c1-10(2)11-4-3-5-12(8-11)18-13-6-7-14(15(16)19)17-9-13/h3-10H,1-2H3,(H2,16,19). The van der Waals surface area contributed by atoms with Crippen LogP contribution < -0.4 is 10.5 Å². The van der Waals surface area contributed by atoms with Gasteiger partial charge in [0.1, 0.15) is 16.5 Å². The maximum Gasteiger partial charge on any atom is 0.145 e. The molecule has 4 heteroatoms. The lowest BCUT2D eigenvalue weighted by atomic mass is 10.0. The fourth-order valence-electron chi connectivity index (χ4n) is 1.66. The molecule has 1 aromatic carbocycles. The number of hydrogen-bond donors (Lipinski definition) is 1. The molecule has 0 spiro atoms. The molecule has 0 aliphatic heterocycles. The summed E-state index contributed by atoms with van der Waals surface area (Å²) in [4.78, 5) is 4.43. The first kappa shape index (κ1) is 13.5. The SMILES string of the molecule is CC(C)c1cccc(Oc2ccc(C(N)=S)nc2)c1. The maximum atomic E-state index is 5.76. The topological polar surface area (TPSA) is 48.1 Å². The molecule has 0 atom stereocenters. The maximum absolute atomic E-state index is 5.76. The smallest absolute Gasteiger partial charge is 0.145 e. The summed E-state index contributed by atoms with van der Waals surface area (Å²) in [5.74, 6) is 1.94. The molecule has 0 aliphatic carbocycles. The van der Waals surface area contributed by atoms with Crippen LogP contribution in [0.3, 0.4) is 0 Å². The van der Waals surface area contributed by atoms with E-state index in [1.807, 2.05) is 24.3 Å². The number of nitrogens with two attached hydrogens (primary N) is 1. The Hall–Kier alpha value is -1.94. The van der Waals surface area contributed by atoms with Gasteiger partial charge in [0.15, 0.2) is 0 Å². The summed E-state index contributed by atoms with van der Waals surface area (Å²) < 4.78 is 5.76. The minimum absolute atomic E-state index is 0.286. The van der Waals surface area contributed by atoms with E-state index in [4.69, 9.17) is 22.7 Å². The fraction of sp³-hybridized carbons (Fsp3) is 0.200. The normalized spacial score (nSPS) is 10.5. The van der Waals surface area contributed by atoms with E-state index in [-0.39, 0.29) is 4.99 Å². The van der Waals surface area contributed by atoms with Crippen LogP contribution in [0.2, 0.25) is 0 Å². The minimum atomic E-state index is 0.286. The van der Waals surface area contributed by atoms with Crippen molar-refractivity contribution < 1.29 is 4.74 Å². The molecule has 0 amide bonds. The highest BCUT2D eigenvalue weighted by Crippen LogP contribution is 2.24. The molecule has 0 bridgehead atoms. The van der Waals surface area contributed by atoms with Gasteiger partial charge < -0.3 is 10.5 Å². The average molecular weight is 272 g/mol. The van der Waals surface area contributed by atoms with E-state index in [0.717, 1.165) is 5.75 Å². The zero-order valence-electron chi connectivity index (χ0n) is 11.0. The third-order valence-corrected chi connectivity index (χ3v) is 2.96. The highest BCUT2D eigenvalue weighted by Gasteiger charge is 2.03. The largest absolute Gasteiger partial charge is 0.456 e. The first-order valence-corrected chi connectivity index (χ1v) is 6.51. The van der Waals surface area contributed by atoms with Gasteiger partial charge in [-0.25, -0.2) is 4.98 Å². The van der Waals surface area contributed by atoms with Crippen molar-refractivity contribution in [3.05, 3.63) is 53.9 Å². The Morgan fingerprint density at radius 2 is 2.00 bits per heavy atom. The zero-order chi connectivity index (χ0) is 13.8. The molecule has 0 radical (unpaired) electrons. The summed E-state index contributed by atoms with van der Waals surface area (Å²) in [6, 6.07) is 11.6. The molecule has 0 fully saturated rings. The molecule has 3 nitrogen and oxygen atoms in total. The number of hydrogen-bond acceptors (Lipinski definition) is 3. The summed E-state index contributed by atoms with van der Waals surface area (Å²) in [7, 11) is 0. The Bertz CT molecular complexity index is 579. The van der Waals surface area contributed by atoms with Crippen molar-refractivity contribution in [1.29, 1.82) is 0 Å². The summed E-state index contributed by atoms with van der Waals surface area (Å²) in [5, 5.41) is 0. The van der Waals surface area contributed by atoms with E-state index >= 15 is 0 Å². The zero-order valence-corrected chi connectivity index (χ0v) is 11.8. The van der Waals surface area contributed by atoms with Gasteiger partial charge in [0.2, 0.25) is 0 Å². The van der Waals surface area contributed by atoms with Crippen molar-refractivity contribution in [2.24, 2.45) is 5.73 Å². The minimum Gasteiger partial charge on any atom is -0.456 e. The summed E-state index contributed by atoms with van der Waals surface area (Å²) in [6.45, 7) is 4.30. The first-order chi connectivity index (χ1) is 9.06. The fourth-order valence-corrected chi connectivity index (χ4v) is 1.78. The molecule has 1 aromatic heterocycles. The Morgan fingerprint density at radius 3 is 2.58 bits per heavy atom.